The average molecular weight is 193 g/mol. The number of rotatable bonds is 2. The molecule has 0 aliphatic heterocycles. The minimum absolute atomic E-state index is 1.10. The second-order valence-corrected chi connectivity index (χ2v) is 3.48. The van der Waals surface area contributed by atoms with Crippen LogP contribution in [-0.2, 0) is 0 Å². The van der Waals surface area contributed by atoms with Gasteiger partial charge in [0.05, 0.1) is 5.69 Å². The number of hydrogen-bond acceptors (Lipinski definition) is 2. The minimum atomic E-state index is 1.10. The highest BCUT2D eigenvalue weighted by atomic mass is 32.1. The lowest BCUT2D eigenvalue weighted by Gasteiger charge is -2.17. The zero-order valence-electron chi connectivity index (χ0n) is 8.28. The molecule has 0 aromatic heterocycles. The molecule has 0 saturated carbocycles. The van der Waals surface area contributed by atoms with E-state index in [9.17, 15) is 0 Å². The summed E-state index contributed by atoms with van der Waals surface area (Å²) >= 11 is 4.39. The lowest BCUT2D eigenvalue weighted by atomic mass is 10.2. The van der Waals surface area contributed by atoms with Crippen molar-refractivity contribution in [1.29, 1.82) is 0 Å². The quantitative estimate of drug-likeness (QED) is 0.703. The van der Waals surface area contributed by atoms with Crippen molar-refractivity contribution in [2.24, 2.45) is 0 Å². The highest BCUT2D eigenvalue weighted by Gasteiger charge is 2.01. The number of hydrogen-bond donors (Lipinski definition) is 1. The van der Waals surface area contributed by atoms with Crippen molar-refractivity contribution in [3.63, 3.8) is 0 Å². The molecule has 1 aromatic carbocycles. The fraction of sp³-hybridized carbons (Fsp3) is 0.273. The Labute approximate surface area is 85.6 Å². The Bertz CT molecular complexity index is 300. The number of benzene rings is 1. The van der Waals surface area contributed by atoms with E-state index in [2.05, 4.69) is 44.0 Å². The van der Waals surface area contributed by atoms with Gasteiger partial charge in [0.1, 0.15) is 0 Å². The van der Waals surface area contributed by atoms with Gasteiger partial charge in [-0.1, -0.05) is 36.6 Å². The third kappa shape index (κ3) is 2.52. The van der Waals surface area contributed by atoms with E-state index in [0.717, 1.165) is 11.4 Å². The largest absolute Gasteiger partial charge is 0.292 e. The monoisotopic (exact) mass is 193 g/mol. The Balaban J connectivity index is 2.89. The molecular formula is C11H15NS. The molecule has 0 bridgehead atoms. The Morgan fingerprint density at radius 2 is 1.85 bits per heavy atom. The summed E-state index contributed by atoms with van der Waals surface area (Å²) in [6.07, 6.45) is 2.03. The van der Waals surface area contributed by atoms with Gasteiger partial charge in [-0.2, -0.15) is 0 Å². The van der Waals surface area contributed by atoms with E-state index in [1.165, 1.54) is 5.56 Å². The highest BCUT2D eigenvalue weighted by Crippen LogP contribution is 2.21. The van der Waals surface area contributed by atoms with Crippen LogP contribution in [0.25, 0.3) is 0 Å². The molecule has 0 unspecified atom stereocenters. The summed E-state index contributed by atoms with van der Waals surface area (Å²) in [5, 5.41) is 0. The predicted octanol–water partition coefficient (Wildman–Crippen LogP) is 3.57. The van der Waals surface area contributed by atoms with E-state index in [0.29, 0.717) is 0 Å². The van der Waals surface area contributed by atoms with Crippen LogP contribution in [0, 0.1) is 6.92 Å². The van der Waals surface area contributed by atoms with Gasteiger partial charge in [-0.15, -0.1) is 0 Å². The minimum Gasteiger partial charge on any atom is -0.292 e. The predicted molar refractivity (Wildman–Crippen MR) is 62.1 cm³/mol. The summed E-state index contributed by atoms with van der Waals surface area (Å²) < 4.78 is 1.87. The van der Waals surface area contributed by atoms with E-state index < -0.39 is 0 Å². The van der Waals surface area contributed by atoms with E-state index in [-0.39, 0.29) is 0 Å². The van der Waals surface area contributed by atoms with Crippen molar-refractivity contribution in [1.82, 2.24) is 0 Å². The molecular weight excluding hydrogens is 178 g/mol. The first-order valence-corrected chi connectivity index (χ1v) is 4.73. The summed E-state index contributed by atoms with van der Waals surface area (Å²) in [6.45, 7) is 6.12. The molecule has 0 radical (unpaired) electrons. The first-order valence-electron chi connectivity index (χ1n) is 4.33. The van der Waals surface area contributed by atoms with Crippen LogP contribution in [0.1, 0.15) is 19.4 Å². The second kappa shape index (κ2) is 4.38. The van der Waals surface area contributed by atoms with Gasteiger partial charge in [0.15, 0.2) is 0 Å². The summed E-state index contributed by atoms with van der Waals surface area (Å²) in [5.74, 6) is 0. The SMILES string of the molecule is CC=C(C)N(S)c1ccc(C)cc1. The second-order valence-electron chi connectivity index (χ2n) is 3.08. The zero-order valence-corrected chi connectivity index (χ0v) is 9.18. The number of allylic oxidation sites excluding steroid dienone is 2. The molecule has 1 aromatic rings. The highest BCUT2D eigenvalue weighted by molar-refractivity contribution is 7.82. The van der Waals surface area contributed by atoms with E-state index >= 15 is 0 Å². The molecule has 2 heteroatoms. The zero-order chi connectivity index (χ0) is 9.84. The van der Waals surface area contributed by atoms with Crippen molar-refractivity contribution in [2.75, 3.05) is 4.31 Å². The fourth-order valence-corrected chi connectivity index (χ4v) is 1.26. The van der Waals surface area contributed by atoms with Crippen LogP contribution in [0.3, 0.4) is 0 Å². The molecule has 13 heavy (non-hydrogen) atoms. The van der Waals surface area contributed by atoms with Gasteiger partial charge < -0.3 is 0 Å². The standard InChI is InChI=1S/C11H15NS/c1-4-10(3)12(13)11-7-5-9(2)6-8-11/h4-8,13H,1-3H3. The van der Waals surface area contributed by atoms with Crippen molar-refractivity contribution in [3.8, 4) is 0 Å². The van der Waals surface area contributed by atoms with Gasteiger partial charge in [0.2, 0.25) is 0 Å². The van der Waals surface area contributed by atoms with Gasteiger partial charge in [-0.3, -0.25) is 4.31 Å². The van der Waals surface area contributed by atoms with Gasteiger partial charge >= 0.3 is 0 Å². The smallest absolute Gasteiger partial charge is 0.0518 e. The topological polar surface area (TPSA) is 3.24 Å². The molecule has 0 fully saturated rings. The molecule has 1 nitrogen and oxygen atoms in total. The van der Waals surface area contributed by atoms with Crippen LogP contribution < -0.4 is 4.31 Å². The van der Waals surface area contributed by atoms with Crippen molar-refractivity contribution in [3.05, 3.63) is 41.6 Å². The fourth-order valence-electron chi connectivity index (χ4n) is 1.01. The van der Waals surface area contributed by atoms with Crippen molar-refractivity contribution in [2.45, 2.75) is 20.8 Å². The average Bonchev–Trinajstić information content (AvgIpc) is 2.17. The Morgan fingerprint density at radius 1 is 1.31 bits per heavy atom. The summed E-state index contributed by atoms with van der Waals surface area (Å²) in [4.78, 5) is 0. The number of anilines is 1. The third-order valence-electron chi connectivity index (χ3n) is 2.03. The molecule has 0 heterocycles. The van der Waals surface area contributed by atoms with Crippen LogP contribution in [-0.4, -0.2) is 0 Å². The van der Waals surface area contributed by atoms with Crippen LogP contribution in [0.4, 0.5) is 5.69 Å². The first kappa shape index (κ1) is 10.2. The Morgan fingerprint density at radius 3 is 2.31 bits per heavy atom. The molecule has 0 N–H and O–H groups in total. The molecule has 0 saturated heterocycles. The summed E-state index contributed by atoms with van der Waals surface area (Å²) in [5.41, 5.74) is 3.50. The van der Waals surface area contributed by atoms with Crippen LogP contribution in [0.2, 0.25) is 0 Å². The van der Waals surface area contributed by atoms with Gasteiger partial charge in [-0.05, 0) is 32.9 Å². The number of thiol groups is 1. The lowest BCUT2D eigenvalue weighted by molar-refractivity contribution is 1.25. The molecule has 0 spiro atoms. The first-order chi connectivity index (χ1) is 6.15. The van der Waals surface area contributed by atoms with E-state index in [1.54, 1.807) is 0 Å². The van der Waals surface area contributed by atoms with Crippen LogP contribution >= 0.6 is 12.8 Å². The molecule has 0 amide bonds. The molecule has 0 aliphatic carbocycles. The van der Waals surface area contributed by atoms with E-state index in [4.69, 9.17) is 0 Å². The van der Waals surface area contributed by atoms with E-state index in [1.807, 2.05) is 24.2 Å². The maximum absolute atomic E-state index is 4.39. The van der Waals surface area contributed by atoms with Crippen molar-refractivity contribution >= 4 is 18.5 Å². The molecule has 1 rings (SSSR count). The Kier molecular flexibility index (Phi) is 3.43. The summed E-state index contributed by atoms with van der Waals surface area (Å²) in [7, 11) is 0. The van der Waals surface area contributed by atoms with Gasteiger partial charge in [0, 0.05) is 5.70 Å². The van der Waals surface area contributed by atoms with Gasteiger partial charge in [-0.25, -0.2) is 0 Å². The van der Waals surface area contributed by atoms with Crippen molar-refractivity contribution < 1.29 is 0 Å². The molecule has 0 aliphatic rings. The lowest BCUT2D eigenvalue weighted by Crippen LogP contribution is -2.06. The Hall–Kier alpha value is -0.890. The summed E-state index contributed by atoms with van der Waals surface area (Å²) in [6, 6.07) is 8.30. The maximum Gasteiger partial charge on any atom is 0.0518 e. The maximum atomic E-state index is 4.39. The number of aryl methyl sites for hydroxylation is 1. The third-order valence-corrected chi connectivity index (χ3v) is 2.58. The van der Waals surface area contributed by atoms with Gasteiger partial charge in [0.25, 0.3) is 0 Å². The normalized spacial score (nSPS) is 11.5. The number of nitrogens with zero attached hydrogens (tertiary/aromatic N) is 1. The molecule has 0 atom stereocenters. The molecule has 70 valence electrons. The van der Waals surface area contributed by atoms with Crippen LogP contribution in [0.5, 0.6) is 0 Å². The van der Waals surface area contributed by atoms with Crippen LogP contribution in [0.15, 0.2) is 36.0 Å².